The van der Waals surface area contributed by atoms with Gasteiger partial charge in [-0.05, 0) is 25.2 Å². The van der Waals surface area contributed by atoms with Crippen molar-refractivity contribution in [3.05, 3.63) is 0 Å². The lowest BCUT2D eigenvalue weighted by Crippen LogP contribution is -2.44. The normalized spacial score (nSPS) is 23.1. The van der Waals surface area contributed by atoms with E-state index < -0.39 is 12.0 Å². The van der Waals surface area contributed by atoms with E-state index in [2.05, 4.69) is 5.32 Å². The van der Waals surface area contributed by atoms with E-state index in [1.807, 2.05) is 0 Å². The van der Waals surface area contributed by atoms with Gasteiger partial charge in [-0.25, -0.2) is 4.79 Å². The summed E-state index contributed by atoms with van der Waals surface area (Å²) in [5.74, 6) is -0.369. The molecule has 0 aromatic rings. The molecule has 0 aromatic carbocycles. The molecule has 0 aromatic heterocycles. The highest BCUT2D eigenvalue weighted by atomic mass is 16.4. The van der Waals surface area contributed by atoms with Crippen LogP contribution in [-0.4, -0.2) is 23.0 Å². The molecule has 1 atom stereocenters. The number of hydrogen-bond acceptors (Lipinski definition) is 2. The second-order valence-corrected chi connectivity index (χ2v) is 5.41. The Kier molecular flexibility index (Phi) is 4.02. The highest BCUT2D eigenvalue weighted by molar-refractivity contribution is 5.85. The van der Waals surface area contributed by atoms with Crippen molar-refractivity contribution in [1.29, 1.82) is 0 Å². The summed E-state index contributed by atoms with van der Waals surface area (Å²) in [6.07, 6.45) is 8.06. The first kappa shape index (κ1) is 12.4. The molecule has 0 heterocycles. The van der Waals surface area contributed by atoms with Crippen molar-refractivity contribution in [2.45, 2.75) is 57.4 Å². The molecule has 2 saturated carbocycles. The van der Waals surface area contributed by atoms with Gasteiger partial charge in [0, 0.05) is 5.92 Å². The second-order valence-electron chi connectivity index (χ2n) is 5.41. The van der Waals surface area contributed by atoms with E-state index >= 15 is 0 Å². The molecule has 0 spiro atoms. The maximum Gasteiger partial charge on any atom is 0.326 e. The fourth-order valence-corrected chi connectivity index (χ4v) is 2.56. The van der Waals surface area contributed by atoms with Gasteiger partial charge in [-0.3, -0.25) is 4.79 Å². The molecule has 4 nitrogen and oxygen atoms in total. The van der Waals surface area contributed by atoms with Gasteiger partial charge in [-0.2, -0.15) is 0 Å². The highest BCUT2D eigenvalue weighted by Crippen LogP contribution is 2.33. The molecule has 4 heteroatoms. The minimum atomic E-state index is -0.888. The van der Waals surface area contributed by atoms with Gasteiger partial charge in [-0.1, -0.05) is 32.1 Å². The predicted octanol–water partition coefficient (Wildman–Crippen LogP) is 1.94. The average molecular weight is 239 g/mol. The number of amides is 1. The van der Waals surface area contributed by atoms with Crippen LogP contribution in [0.3, 0.4) is 0 Å². The fraction of sp³-hybridized carbons (Fsp3) is 0.846. The summed E-state index contributed by atoms with van der Waals surface area (Å²) >= 11 is 0. The van der Waals surface area contributed by atoms with Gasteiger partial charge in [0.1, 0.15) is 6.04 Å². The van der Waals surface area contributed by atoms with Gasteiger partial charge in [0.15, 0.2) is 0 Å². The Labute approximate surface area is 102 Å². The summed E-state index contributed by atoms with van der Waals surface area (Å²) in [7, 11) is 0. The summed E-state index contributed by atoms with van der Waals surface area (Å²) < 4.78 is 0. The molecule has 2 aliphatic rings. The van der Waals surface area contributed by atoms with Crippen LogP contribution in [0.15, 0.2) is 0 Å². The first-order chi connectivity index (χ1) is 8.16. The summed E-state index contributed by atoms with van der Waals surface area (Å²) in [4.78, 5) is 23.0. The first-order valence-electron chi connectivity index (χ1n) is 6.70. The van der Waals surface area contributed by atoms with E-state index in [-0.39, 0.29) is 11.8 Å². The summed E-state index contributed by atoms with van der Waals surface area (Å²) in [5.41, 5.74) is 0. The van der Waals surface area contributed by atoms with Gasteiger partial charge < -0.3 is 10.4 Å². The molecule has 0 aliphatic heterocycles. The Morgan fingerprint density at radius 1 is 1.12 bits per heavy atom. The molecule has 0 bridgehead atoms. The molecule has 0 saturated heterocycles. The Bertz CT molecular complexity index is 293. The zero-order valence-corrected chi connectivity index (χ0v) is 10.2. The third kappa shape index (κ3) is 3.72. The molecule has 0 radical (unpaired) electrons. The average Bonchev–Trinajstić information content (AvgIpc) is 3.13. The molecular weight excluding hydrogens is 218 g/mol. The monoisotopic (exact) mass is 239 g/mol. The Balaban J connectivity index is 1.82. The van der Waals surface area contributed by atoms with E-state index in [4.69, 9.17) is 5.11 Å². The van der Waals surface area contributed by atoms with Crippen molar-refractivity contribution in [3.8, 4) is 0 Å². The second kappa shape index (κ2) is 5.52. The molecule has 96 valence electrons. The van der Waals surface area contributed by atoms with Crippen molar-refractivity contribution in [1.82, 2.24) is 5.32 Å². The number of aliphatic carboxylic acids is 1. The van der Waals surface area contributed by atoms with Crippen LogP contribution in [0.2, 0.25) is 0 Å². The van der Waals surface area contributed by atoms with Crippen molar-refractivity contribution in [3.63, 3.8) is 0 Å². The van der Waals surface area contributed by atoms with Crippen molar-refractivity contribution >= 4 is 11.9 Å². The number of carbonyl (C=O) groups is 2. The Morgan fingerprint density at radius 3 is 2.29 bits per heavy atom. The van der Waals surface area contributed by atoms with E-state index in [1.54, 1.807) is 0 Å². The SMILES string of the molecule is O=C(N[C@@H](CC1CC1)C(=O)O)C1CCCCC1. The van der Waals surface area contributed by atoms with Crippen LogP contribution in [0, 0.1) is 11.8 Å². The third-order valence-corrected chi connectivity index (χ3v) is 3.86. The summed E-state index contributed by atoms with van der Waals surface area (Å²) in [6, 6.07) is -0.670. The zero-order chi connectivity index (χ0) is 12.3. The highest BCUT2D eigenvalue weighted by Gasteiger charge is 2.31. The van der Waals surface area contributed by atoms with Crippen molar-refractivity contribution in [2.75, 3.05) is 0 Å². The smallest absolute Gasteiger partial charge is 0.326 e. The molecule has 2 N–H and O–H groups in total. The summed E-state index contributed by atoms with van der Waals surface area (Å²) in [6.45, 7) is 0. The Morgan fingerprint density at radius 2 is 1.76 bits per heavy atom. The predicted molar refractivity (Wildman–Crippen MR) is 63.5 cm³/mol. The van der Waals surface area contributed by atoms with E-state index in [0.29, 0.717) is 12.3 Å². The van der Waals surface area contributed by atoms with Gasteiger partial charge in [0.2, 0.25) is 5.91 Å². The molecular formula is C13H21NO3. The number of rotatable bonds is 5. The molecule has 2 fully saturated rings. The number of hydrogen-bond donors (Lipinski definition) is 2. The number of carboxylic acids is 1. The van der Waals surface area contributed by atoms with Crippen LogP contribution >= 0.6 is 0 Å². The van der Waals surface area contributed by atoms with Crippen LogP contribution in [0.25, 0.3) is 0 Å². The zero-order valence-electron chi connectivity index (χ0n) is 10.2. The van der Waals surface area contributed by atoms with Crippen LogP contribution in [0.1, 0.15) is 51.4 Å². The number of carbonyl (C=O) groups excluding carboxylic acids is 1. The van der Waals surface area contributed by atoms with Gasteiger partial charge in [0.25, 0.3) is 0 Å². The lowest BCUT2D eigenvalue weighted by Gasteiger charge is -2.23. The molecule has 17 heavy (non-hydrogen) atoms. The number of nitrogens with one attached hydrogen (secondary N) is 1. The number of carboxylic acid groups (broad SMARTS) is 1. The minimum absolute atomic E-state index is 0.0437. The van der Waals surface area contributed by atoms with Crippen molar-refractivity contribution in [2.24, 2.45) is 11.8 Å². The van der Waals surface area contributed by atoms with E-state index in [1.165, 1.54) is 6.42 Å². The third-order valence-electron chi connectivity index (χ3n) is 3.86. The van der Waals surface area contributed by atoms with E-state index in [0.717, 1.165) is 38.5 Å². The molecule has 0 unspecified atom stereocenters. The lowest BCUT2D eigenvalue weighted by molar-refractivity contribution is -0.143. The maximum atomic E-state index is 11.9. The van der Waals surface area contributed by atoms with Crippen LogP contribution < -0.4 is 5.32 Å². The van der Waals surface area contributed by atoms with Crippen LogP contribution in [-0.2, 0) is 9.59 Å². The molecule has 1 amide bonds. The van der Waals surface area contributed by atoms with Crippen molar-refractivity contribution < 1.29 is 14.7 Å². The van der Waals surface area contributed by atoms with Crippen LogP contribution in [0.5, 0.6) is 0 Å². The Hall–Kier alpha value is -1.06. The fourth-order valence-electron chi connectivity index (χ4n) is 2.56. The lowest BCUT2D eigenvalue weighted by atomic mass is 9.88. The standard InChI is InChI=1S/C13H21NO3/c15-12(10-4-2-1-3-5-10)14-11(13(16)17)8-9-6-7-9/h9-11H,1-8H2,(H,14,15)(H,16,17)/t11-/m0/s1. The first-order valence-corrected chi connectivity index (χ1v) is 6.70. The topological polar surface area (TPSA) is 66.4 Å². The largest absolute Gasteiger partial charge is 0.480 e. The van der Waals surface area contributed by atoms with Crippen LogP contribution in [0.4, 0.5) is 0 Å². The summed E-state index contributed by atoms with van der Waals surface area (Å²) in [5, 5.41) is 11.8. The quantitative estimate of drug-likeness (QED) is 0.770. The molecule has 2 aliphatic carbocycles. The molecule has 2 rings (SSSR count). The van der Waals surface area contributed by atoms with Gasteiger partial charge >= 0.3 is 5.97 Å². The maximum absolute atomic E-state index is 11.9. The van der Waals surface area contributed by atoms with Gasteiger partial charge in [0.05, 0.1) is 0 Å². The minimum Gasteiger partial charge on any atom is -0.480 e. The van der Waals surface area contributed by atoms with Gasteiger partial charge in [-0.15, -0.1) is 0 Å². The van der Waals surface area contributed by atoms with E-state index in [9.17, 15) is 9.59 Å².